The number of esters is 1. The number of thioether (sulfide) groups is 1. The van der Waals surface area contributed by atoms with Crippen LogP contribution < -0.4 is 10.1 Å². The topological polar surface area (TPSA) is 205 Å². The van der Waals surface area contributed by atoms with Crippen LogP contribution in [0, 0.1) is 17.0 Å². The largest absolute Gasteiger partial charge is 0.506 e. The number of aromatic hydroxyl groups is 1. The molecule has 0 fully saturated rings. The van der Waals surface area contributed by atoms with Gasteiger partial charge in [0.15, 0.2) is 0 Å². The number of nitro benzene ring substituents is 1. The Bertz CT molecular complexity index is 2170. The first-order valence-electron chi connectivity index (χ1n) is 15.3. The third kappa shape index (κ3) is 8.14. The lowest BCUT2D eigenvalue weighted by Crippen LogP contribution is -2.26. The normalized spacial score (nSPS) is 10.7. The number of phenolic OH excluding ortho intramolecular Hbond substituents is 1. The fraction of sp³-hybridized carbons (Fsp3) is 0.171. The van der Waals surface area contributed by atoms with Crippen molar-refractivity contribution < 1.29 is 38.6 Å². The van der Waals surface area contributed by atoms with E-state index in [9.17, 15) is 24.8 Å². The average Bonchev–Trinajstić information content (AvgIpc) is 3.76. The van der Waals surface area contributed by atoms with E-state index in [2.05, 4.69) is 20.3 Å². The van der Waals surface area contributed by atoms with Gasteiger partial charge in [-0.3, -0.25) is 19.7 Å². The molecule has 3 N–H and O–H groups in total. The van der Waals surface area contributed by atoms with Gasteiger partial charge in [0.25, 0.3) is 16.8 Å². The molecule has 0 saturated heterocycles. The third-order valence-corrected chi connectivity index (χ3v) is 8.33. The summed E-state index contributed by atoms with van der Waals surface area (Å²) < 4.78 is 18.6. The first-order chi connectivity index (χ1) is 24.7. The number of hydrogen-bond donors (Lipinski definition) is 3. The molecule has 0 unspecified atom stereocenters. The van der Waals surface area contributed by atoms with Crippen molar-refractivity contribution in [2.24, 2.45) is 0 Å². The number of nitro groups is 1. The molecule has 262 valence electrons. The number of fused-ring (bicyclic) bond motifs is 1. The van der Waals surface area contributed by atoms with E-state index < -0.39 is 16.8 Å². The molecule has 0 radical (unpaired) electrons. The maximum atomic E-state index is 13.2. The molecule has 0 spiro atoms. The summed E-state index contributed by atoms with van der Waals surface area (Å²) in [5.74, 6) is -0.255. The van der Waals surface area contributed by atoms with Crippen LogP contribution in [-0.2, 0) is 15.3 Å². The molecule has 4 aromatic carbocycles. The van der Waals surface area contributed by atoms with E-state index >= 15 is 0 Å². The third-order valence-electron chi connectivity index (χ3n) is 7.48. The Morgan fingerprint density at radius 2 is 1.69 bits per heavy atom. The van der Waals surface area contributed by atoms with Gasteiger partial charge in [0, 0.05) is 53.4 Å². The molecule has 0 aliphatic heterocycles. The number of hydrogen-bond acceptors (Lipinski definition) is 13. The van der Waals surface area contributed by atoms with Crippen LogP contribution >= 0.6 is 11.8 Å². The molecular weight excluding hydrogens is 680 g/mol. The molecule has 6 rings (SSSR count). The van der Waals surface area contributed by atoms with Gasteiger partial charge in [0.05, 0.1) is 35.4 Å². The van der Waals surface area contributed by atoms with Gasteiger partial charge in [-0.1, -0.05) is 54.2 Å². The van der Waals surface area contributed by atoms with Crippen molar-refractivity contribution in [3.8, 4) is 34.5 Å². The second-order valence-electron chi connectivity index (χ2n) is 10.6. The second kappa shape index (κ2) is 16.4. The van der Waals surface area contributed by atoms with Gasteiger partial charge in [-0.15, -0.1) is 10.2 Å². The summed E-state index contributed by atoms with van der Waals surface area (Å²) in [7, 11) is 2.25. The summed E-state index contributed by atoms with van der Waals surface area (Å²) in [5.41, 5.74) is 2.32. The molecule has 2 heterocycles. The standard InChI is InChI=1S/C34H28N6O8S.CH4O/c1-20-27(19-49-34-37-36-32(48-34)21-8-4-3-5-9-21)33(39(38-20)22-12-14-23(15-13-22)40(44)45)47-28-18-26(31(43)35-17-16-29(41)46-2)30(42)25-11-7-6-10-24(25)28;1-2/h3-15,18,42H,16-17,19H2,1-2H3,(H,35,43);2H,1H3. The number of aryl methyl sites for hydroxylation is 1. The van der Waals surface area contributed by atoms with E-state index in [1.807, 2.05) is 30.3 Å². The van der Waals surface area contributed by atoms with Crippen LogP contribution in [0.2, 0.25) is 0 Å². The zero-order valence-electron chi connectivity index (χ0n) is 27.6. The molecule has 0 saturated carbocycles. The molecular formula is C35H32N6O9S. The van der Waals surface area contributed by atoms with Gasteiger partial charge in [-0.05, 0) is 37.3 Å². The smallest absolute Gasteiger partial charge is 0.307 e. The second-order valence-corrected chi connectivity index (χ2v) is 11.5. The molecule has 2 aromatic heterocycles. The zero-order chi connectivity index (χ0) is 36.5. The predicted octanol–water partition coefficient (Wildman–Crippen LogP) is 5.98. The number of ether oxygens (including phenoxy) is 2. The van der Waals surface area contributed by atoms with Crippen molar-refractivity contribution in [2.75, 3.05) is 20.8 Å². The summed E-state index contributed by atoms with van der Waals surface area (Å²) in [6.07, 6.45) is -0.0540. The van der Waals surface area contributed by atoms with Crippen LogP contribution in [0.5, 0.6) is 17.4 Å². The van der Waals surface area contributed by atoms with E-state index in [-0.39, 0.29) is 47.3 Å². The van der Waals surface area contributed by atoms with E-state index in [0.717, 1.165) is 12.7 Å². The number of methoxy groups -OCH3 is 1. The Kier molecular flexibility index (Phi) is 11.6. The minimum absolute atomic E-state index is 0.0108. The predicted molar refractivity (Wildman–Crippen MR) is 187 cm³/mol. The van der Waals surface area contributed by atoms with E-state index in [0.29, 0.717) is 38.8 Å². The maximum absolute atomic E-state index is 13.2. The Morgan fingerprint density at radius 3 is 2.37 bits per heavy atom. The van der Waals surface area contributed by atoms with Crippen LogP contribution in [0.1, 0.15) is 28.0 Å². The molecule has 16 heteroatoms. The van der Waals surface area contributed by atoms with E-state index in [1.54, 1.807) is 43.3 Å². The monoisotopic (exact) mass is 712 g/mol. The number of non-ortho nitro benzene ring substituents is 1. The molecule has 1 amide bonds. The van der Waals surface area contributed by atoms with Crippen LogP contribution in [0.3, 0.4) is 0 Å². The van der Waals surface area contributed by atoms with Crippen molar-refractivity contribution in [1.82, 2.24) is 25.3 Å². The van der Waals surface area contributed by atoms with E-state index in [1.165, 1.54) is 41.8 Å². The SMILES string of the molecule is CO.COC(=O)CCNC(=O)c1cc(Oc2c(CSc3nnc(-c4ccccc4)o3)c(C)nn2-c2ccc([N+](=O)[O-])cc2)c2ccccc2c1O. The summed E-state index contributed by atoms with van der Waals surface area (Å²) in [6, 6.07) is 23.5. The number of aliphatic hydroxyl groups is 1. The van der Waals surface area contributed by atoms with Crippen molar-refractivity contribution in [1.29, 1.82) is 0 Å². The van der Waals surface area contributed by atoms with Crippen molar-refractivity contribution in [3.63, 3.8) is 0 Å². The fourth-order valence-electron chi connectivity index (χ4n) is 4.96. The number of carbonyl (C=O) groups excluding carboxylic acids is 2. The first-order valence-corrected chi connectivity index (χ1v) is 16.3. The maximum Gasteiger partial charge on any atom is 0.307 e. The highest BCUT2D eigenvalue weighted by Gasteiger charge is 2.24. The van der Waals surface area contributed by atoms with Crippen molar-refractivity contribution >= 4 is 40.1 Å². The lowest BCUT2D eigenvalue weighted by atomic mass is 10.0. The number of rotatable bonds is 12. The summed E-state index contributed by atoms with van der Waals surface area (Å²) in [4.78, 5) is 35.6. The molecule has 6 aromatic rings. The van der Waals surface area contributed by atoms with Gasteiger partial charge >= 0.3 is 5.97 Å². The number of aromatic nitrogens is 4. The summed E-state index contributed by atoms with van der Waals surface area (Å²) in [5, 5.41) is 46.3. The van der Waals surface area contributed by atoms with Crippen LogP contribution in [0.25, 0.3) is 27.9 Å². The number of nitrogens with one attached hydrogen (secondary N) is 1. The molecule has 15 nitrogen and oxygen atoms in total. The minimum Gasteiger partial charge on any atom is -0.506 e. The number of benzene rings is 4. The highest BCUT2D eigenvalue weighted by Crippen LogP contribution is 2.41. The average molecular weight is 713 g/mol. The molecule has 0 aliphatic carbocycles. The quantitative estimate of drug-likeness (QED) is 0.0578. The van der Waals surface area contributed by atoms with Crippen molar-refractivity contribution in [3.05, 3.63) is 112 Å². The van der Waals surface area contributed by atoms with Gasteiger partial charge in [-0.2, -0.15) is 5.10 Å². The molecule has 0 aliphatic rings. The minimum atomic E-state index is -0.626. The number of amides is 1. The molecule has 0 atom stereocenters. The van der Waals surface area contributed by atoms with Crippen LogP contribution in [0.15, 0.2) is 94.6 Å². The number of nitrogens with zero attached hydrogens (tertiary/aromatic N) is 5. The summed E-state index contributed by atoms with van der Waals surface area (Å²) in [6.45, 7) is 1.78. The molecule has 51 heavy (non-hydrogen) atoms. The van der Waals surface area contributed by atoms with Gasteiger partial charge in [0.2, 0.25) is 11.8 Å². The molecule has 0 bridgehead atoms. The Labute approximate surface area is 295 Å². The summed E-state index contributed by atoms with van der Waals surface area (Å²) >= 11 is 1.27. The Morgan fingerprint density at radius 1 is 1.00 bits per heavy atom. The Hall–Kier alpha value is -6.26. The lowest BCUT2D eigenvalue weighted by molar-refractivity contribution is -0.384. The van der Waals surface area contributed by atoms with Gasteiger partial charge in [0.1, 0.15) is 11.5 Å². The van der Waals surface area contributed by atoms with Crippen molar-refractivity contribution in [2.45, 2.75) is 24.3 Å². The van der Waals surface area contributed by atoms with Crippen LogP contribution in [-0.4, -0.2) is 67.8 Å². The first kappa shape index (κ1) is 36.0. The number of aliphatic hydroxyl groups excluding tert-OH is 1. The van der Waals surface area contributed by atoms with Gasteiger partial charge in [-0.25, -0.2) is 4.68 Å². The fourth-order valence-corrected chi connectivity index (χ4v) is 5.80. The highest BCUT2D eigenvalue weighted by molar-refractivity contribution is 7.98. The Balaban J connectivity index is 0.00000248. The number of carbonyl (C=O) groups is 2. The lowest BCUT2D eigenvalue weighted by Gasteiger charge is -2.16. The van der Waals surface area contributed by atoms with Crippen LogP contribution in [0.4, 0.5) is 5.69 Å². The highest BCUT2D eigenvalue weighted by atomic mass is 32.2. The zero-order valence-corrected chi connectivity index (χ0v) is 28.4. The number of phenols is 1. The van der Waals surface area contributed by atoms with Gasteiger partial charge < -0.3 is 29.4 Å². The van der Waals surface area contributed by atoms with E-state index in [4.69, 9.17) is 19.4 Å².